The van der Waals surface area contributed by atoms with E-state index in [-0.39, 0.29) is 36.3 Å². The van der Waals surface area contributed by atoms with Gasteiger partial charge >= 0.3 is 0 Å². The van der Waals surface area contributed by atoms with E-state index >= 15 is 0 Å². The fourth-order valence-corrected chi connectivity index (χ4v) is 3.53. The number of aromatic nitrogens is 2. The third-order valence-electron chi connectivity index (χ3n) is 5.08. The minimum atomic E-state index is -0.796. The summed E-state index contributed by atoms with van der Waals surface area (Å²) in [6.45, 7) is 0.466. The Bertz CT molecular complexity index is 843. The van der Waals surface area contributed by atoms with E-state index in [1.807, 2.05) is 0 Å². The fourth-order valence-electron chi connectivity index (χ4n) is 3.53. The van der Waals surface area contributed by atoms with Gasteiger partial charge in [0.1, 0.15) is 0 Å². The highest BCUT2D eigenvalue weighted by Crippen LogP contribution is 2.26. The molecule has 1 aromatic heterocycles. The molecule has 156 valence electrons. The van der Waals surface area contributed by atoms with E-state index in [2.05, 4.69) is 20.6 Å². The summed E-state index contributed by atoms with van der Waals surface area (Å²) in [5.74, 6) is -1.26. The van der Waals surface area contributed by atoms with Gasteiger partial charge in [0.15, 0.2) is 11.6 Å². The van der Waals surface area contributed by atoms with E-state index < -0.39 is 18.0 Å². The average Bonchev–Trinajstić information content (AvgIpc) is 3.32. The number of hydrogen-bond donors (Lipinski definition) is 4. The summed E-state index contributed by atoms with van der Waals surface area (Å²) in [4.78, 5) is 31.5. The Morgan fingerprint density at radius 3 is 2.90 bits per heavy atom. The predicted octanol–water partition coefficient (Wildman–Crippen LogP) is 0.714. The van der Waals surface area contributed by atoms with E-state index in [1.165, 1.54) is 19.2 Å². The molecular weight excluding hydrogens is 379 g/mol. The molecule has 0 spiro atoms. The Labute approximate surface area is 167 Å². The lowest BCUT2D eigenvalue weighted by atomic mass is 10.1. The summed E-state index contributed by atoms with van der Waals surface area (Å²) in [6.07, 6.45) is 3.75. The first-order valence-corrected chi connectivity index (χ1v) is 9.51. The van der Waals surface area contributed by atoms with Gasteiger partial charge in [0, 0.05) is 30.8 Å². The minimum absolute atomic E-state index is 0.0226. The van der Waals surface area contributed by atoms with Crippen molar-refractivity contribution in [2.24, 2.45) is 5.92 Å². The average molecular weight is 404 g/mol. The van der Waals surface area contributed by atoms with Gasteiger partial charge in [0.05, 0.1) is 32.0 Å². The fraction of sp³-hybridized carbons (Fsp3) is 0.450. The summed E-state index contributed by atoms with van der Waals surface area (Å²) < 4.78 is 18.6. The SMILES string of the molecule is COc1ccc(CC(=O)N[C@H]2C[C@H](C(=O)NCCc3cnc[nH]3)C[C@@H]2O)cc1F. The van der Waals surface area contributed by atoms with Gasteiger partial charge in [0.25, 0.3) is 0 Å². The summed E-state index contributed by atoms with van der Waals surface area (Å²) in [7, 11) is 1.37. The Morgan fingerprint density at radius 1 is 1.38 bits per heavy atom. The molecule has 29 heavy (non-hydrogen) atoms. The standard InChI is InChI=1S/C20H25FN4O4/c1-29-18-3-2-12(6-15(18)21)7-19(27)25-16-8-13(9-17(16)26)20(28)23-5-4-14-10-22-11-24-14/h2-3,6,10-11,13,16-17,26H,4-5,7-9H2,1H3,(H,22,24)(H,23,28)(H,25,27)/t13-,16-,17-/m0/s1. The second-order valence-electron chi connectivity index (χ2n) is 7.17. The molecule has 2 amide bonds. The van der Waals surface area contributed by atoms with Crippen LogP contribution in [0.1, 0.15) is 24.1 Å². The van der Waals surface area contributed by atoms with E-state index in [4.69, 9.17) is 4.74 Å². The number of aromatic amines is 1. The van der Waals surface area contributed by atoms with Crippen molar-refractivity contribution >= 4 is 11.8 Å². The number of nitrogens with one attached hydrogen (secondary N) is 3. The van der Waals surface area contributed by atoms with Crippen LogP contribution >= 0.6 is 0 Å². The van der Waals surface area contributed by atoms with Crippen molar-refractivity contribution in [2.75, 3.05) is 13.7 Å². The van der Waals surface area contributed by atoms with Crippen molar-refractivity contribution in [1.29, 1.82) is 0 Å². The van der Waals surface area contributed by atoms with Crippen molar-refractivity contribution in [2.45, 2.75) is 37.8 Å². The van der Waals surface area contributed by atoms with Gasteiger partial charge < -0.3 is 25.5 Å². The number of rotatable bonds is 8. The van der Waals surface area contributed by atoms with Crippen LogP contribution in [0.3, 0.4) is 0 Å². The van der Waals surface area contributed by atoms with Crippen LogP contribution in [0.25, 0.3) is 0 Å². The molecule has 3 atom stereocenters. The summed E-state index contributed by atoms with van der Waals surface area (Å²) in [5.41, 5.74) is 1.43. The van der Waals surface area contributed by atoms with Gasteiger partial charge in [-0.1, -0.05) is 6.07 Å². The second kappa shape index (κ2) is 9.51. The van der Waals surface area contributed by atoms with Gasteiger partial charge in [-0.05, 0) is 30.5 Å². The van der Waals surface area contributed by atoms with Gasteiger partial charge in [-0.15, -0.1) is 0 Å². The molecule has 1 fully saturated rings. The highest BCUT2D eigenvalue weighted by molar-refractivity contribution is 5.81. The second-order valence-corrected chi connectivity index (χ2v) is 7.17. The van der Waals surface area contributed by atoms with Crippen molar-refractivity contribution in [1.82, 2.24) is 20.6 Å². The lowest BCUT2D eigenvalue weighted by Crippen LogP contribution is -2.40. The first-order valence-electron chi connectivity index (χ1n) is 9.51. The van der Waals surface area contributed by atoms with Gasteiger partial charge in [0.2, 0.25) is 11.8 Å². The van der Waals surface area contributed by atoms with Crippen LogP contribution in [0, 0.1) is 11.7 Å². The maximum absolute atomic E-state index is 13.8. The molecular formula is C20H25FN4O4. The molecule has 2 aromatic rings. The maximum atomic E-state index is 13.8. The van der Waals surface area contributed by atoms with Crippen LogP contribution in [0.15, 0.2) is 30.7 Å². The highest BCUT2D eigenvalue weighted by atomic mass is 19.1. The molecule has 0 radical (unpaired) electrons. The van der Waals surface area contributed by atoms with Crippen LogP contribution in [0.4, 0.5) is 4.39 Å². The third-order valence-corrected chi connectivity index (χ3v) is 5.08. The van der Waals surface area contributed by atoms with E-state index in [1.54, 1.807) is 18.6 Å². The summed E-state index contributed by atoms with van der Waals surface area (Å²) in [5, 5.41) is 15.8. The Hall–Kier alpha value is -2.94. The first kappa shape index (κ1) is 20.8. The molecule has 1 aliphatic carbocycles. The number of amides is 2. The number of aliphatic hydroxyl groups excluding tert-OH is 1. The van der Waals surface area contributed by atoms with Gasteiger partial charge in [-0.2, -0.15) is 0 Å². The number of ether oxygens (including phenoxy) is 1. The van der Waals surface area contributed by atoms with Crippen LogP contribution in [0.5, 0.6) is 5.75 Å². The molecule has 0 bridgehead atoms. The Balaban J connectivity index is 1.45. The number of aliphatic hydroxyl groups is 1. The quantitative estimate of drug-likeness (QED) is 0.517. The summed E-state index contributed by atoms with van der Waals surface area (Å²) in [6, 6.07) is 3.82. The predicted molar refractivity (Wildman–Crippen MR) is 103 cm³/mol. The number of carbonyl (C=O) groups excluding carboxylic acids is 2. The van der Waals surface area contributed by atoms with Crippen molar-refractivity contribution in [3.05, 3.63) is 47.8 Å². The number of H-pyrrole nitrogens is 1. The lowest BCUT2D eigenvalue weighted by molar-refractivity contribution is -0.125. The molecule has 1 saturated carbocycles. The molecule has 0 aliphatic heterocycles. The molecule has 0 unspecified atom stereocenters. The van der Waals surface area contributed by atoms with E-state index in [0.29, 0.717) is 24.9 Å². The number of nitrogens with zero attached hydrogens (tertiary/aromatic N) is 1. The first-order chi connectivity index (χ1) is 14.0. The minimum Gasteiger partial charge on any atom is -0.494 e. The molecule has 4 N–H and O–H groups in total. The number of benzene rings is 1. The summed E-state index contributed by atoms with van der Waals surface area (Å²) >= 11 is 0. The third kappa shape index (κ3) is 5.54. The highest BCUT2D eigenvalue weighted by Gasteiger charge is 2.37. The lowest BCUT2D eigenvalue weighted by Gasteiger charge is -2.16. The zero-order chi connectivity index (χ0) is 20.8. The molecule has 8 nitrogen and oxygen atoms in total. The van der Waals surface area contributed by atoms with Gasteiger partial charge in [-0.25, -0.2) is 9.37 Å². The van der Waals surface area contributed by atoms with Gasteiger partial charge in [-0.3, -0.25) is 9.59 Å². The van der Waals surface area contributed by atoms with Crippen molar-refractivity contribution < 1.29 is 23.8 Å². The van der Waals surface area contributed by atoms with E-state index in [0.717, 1.165) is 5.69 Å². The van der Waals surface area contributed by atoms with Crippen molar-refractivity contribution in [3.63, 3.8) is 0 Å². The van der Waals surface area contributed by atoms with E-state index in [9.17, 15) is 19.1 Å². The normalized spacial score (nSPS) is 21.0. The monoisotopic (exact) mass is 404 g/mol. The smallest absolute Gasteiger partial charge is 0.224 e. The van der Waals surface area contributed by atoms with Crippen LogP contribution < -0.4 is 15.4 Å². The molecule has 1 heterocycles. The largest absolute Gasteiger partial charge is 0.494 e. The Kier molecular flexibility index (Phi) is 6.82. The molecule has 0 saturated heterocycles. The number of hydrogen-bond acceptors (Lipinski definition) is 5. The van der Waals surface area contributed by atoms with Crippen molar-refractivity contribution in [3.8, 4) is 5.75 Å². The maximum Gasteiger partial charge on any atom is 0.224 e. The zero-order valence-corrected chi connectivity index (χ0v) is 16.2. The molecule has 3 rings (SSSR count). The number of methoxy groups -OCH3 is 1. The van der Waals surface area contributed by atoms with Crippen LogP contribution in [-0.4, -0.2) is 52.7 Å². The van der Waals surface area contributed by atoms with Crippen LogP contribution in [0.2, 0.25) is 0 Å². The molecule has 1 aliphatic rings. The number of imidazole rings is 1. The number of carbonyl (C=O) groups is 2. The molecule has 1 aromatic carbocycles. The zero-order valence-electron chi connectivity index (χ0n) is 16.2. The topological polar surface area (TPSA) is 116 Å². The molecule has 9 heteroatoms. The Morgan fingerprint density at radius 2 is 2.21 bits per heavy atom. The number of halogens is 1. The van der Waals surface area contributed by atoms with Crippen LogP contribution in [-0.2, 0) is 22.4 Å².